The van der Waals surface area contributed by atoms with Crippen LogP contribution in [0, 0.1) is 11.6 Å². The molecule has 0 bridgehead atoms. The number of aliphatic hydroxyl groups is 1. The van der Waals surface area contributed by atoms with Crippen LogP contribution in [0.4, 0.5) is 14.5 Å². The van der Waals surface area contributed by atoms with E-state index in [1.54, 1.807) is 35.0 Å². The minimum absolute atomic E-state index is 0.161. The van der Waals surface area contributed by atoms with Crippen LogP contribution in [0.3, 0.4) is 0 Å². The minimum atomic E-state index is -3.91. The second-order valence-electron chi connectivity index (χ2n) is 7.77. The smallest absolute Gasteiger partial charge is 0.330 e. The van der Waals surface area contributed by atoms with Crippen molar-refractivity contribution in [1.82, 2.24) is 14.3 Å². The van der Waals surface area contributed by atoms with E-state index in [9.17, 15) is 22.3 Å². The number of anilines is 1. The summed E-state index contributed by atoms with van der Waals surface area (Å²) in [6.07, 6.45) is 3.15. The zero-order valence-corrected chi connectivity index (χ0v) is 20.3. The number of imidazole rings is 1. The molecule has 4 aromatic rings. The molecule has 0 aliphatic carbocycles. The Morgan fingerprint density at radius 3 is 2.29 bits per heavy atom. The maximum absolute atomic E-state index is 14.5. The molecule has 2 heterocycles. The molecule has 2 N–H and O–H groups in total. The molecule has 0 spiro atoms. The molecule has 3 aromatic carbocycles. The zero-order chi connectivity index (χ0) is 24.7. The molecule has 0 fully saturated rings. The largest absolute Gasteiger partial charge is 0.493 e. The van der Waals surface area contributed by atoms with Gasteiger partial charge in [0.15, 0.2) is 0 Å². The van der Waals surface area contributed by atoms with Crippen LogP contribution in [-0.2, 0) is 16.6 Å². The van der Waals surface area contributed by atoms with E-state index >= 15 is 0 Å². The van der Waals surface area contributed by atoms with Gasteiger partial charge in [-0.1, -0.05) is 28.1 Å². The summed E-state index contributed by atoms with van der Waals surface area (Å²) >= 11 is 3.41. The predicted octanol–water partition coefficient (Wildman–Crippen LogP) is 5.18. The van der Waals surface area contributed by atoms with E-state index in [4.69, 9.17) is 0 Å². The summed E-state index contributed by atoms with van der Waals surface area (Å²) in [7, 11) is -3.91. The van der Waals surface area contributed by atoms with Crippen molar-refractivity contribution < 1.29 is 22.3 Å². The average molecular weight is 559 g/mol. The van der Waals surface area contributed by atoms with Crippen LogP contribution in [0.5, 0.6) is 0 Å². The third-order valence-corrected chi connectivity index (χ3v) is 7.21. The van der Waals surface area contributed by atoms with Crippen LogP contribution in [0.25, 0.3) is 16.9 Å². The Balaban J connectivity index is 1.56. The molecule has 0 radical (unpaired) electrons. The molecule has 11 heteroatoms. The van der Waals surface area contributed by atoms with Crippen LogP contribution < -0.4 is 9.03 Å². The Morgan fingerprint density at radius 1 is 0.971 bits per heavy atom. The van der Waals surface area contributed by atoms with Crippen molar-refractivity contribution in [2.45, 2.75) is 6.42 Å². The lowest BCUT2D eigenvalue weighted by Gasteiger charge is -2.15. The molecule has 1 aliphatic rings. The lowest BCUT2D eigenvalue weighted by atomic mass is 10.1. The van der Waals surface area contributed by atoms with Crippen molar-refractivity contribution in [3.05, 3.63) is 113 Å². The number of hydrogen-bond acceptors (Lipinski definition) is 4. The number of rotatable bonds is 5. The number of aromatic nitrogens is 2. The van der Waals surface area contributed by atoms with Gasteiger partial charge < -0.3 is 9.67 Å². The summed E-state index contributed by atoms with van der Waals surface area (Å²) in [5, 5.41) is 9.53. The molecule has 1 aromatic heterocycles. The van der Waals surface area contributed by atoms with Crippen molar-refractivity contribution in [3.63, 3.8) is 0 Å². The van der Waals surface area contributed by atoms with Gasteiger partial charge in [-0.15, -0.1) is 0 Å². The average Bonchev–Trinajstić information content (AvgIpc) is 3.34. The standard InChI is InChI=1S/C24H17BrF2N4O3S/c25-16-3-1-15(2-4-16)11-23-28-22(20-10-5-17(26)12-21(20)27)13-30(23)18-6-8-19(9-7-18)31-14-24(32)29-35(31,33)34/h1-10,12-14,29,32H,11H2. The first-order valence-electron chi connectivity index (χ1n) is 10.3. The van der Waals surface area contributed by atoms with Crippen molar-refractivity contribution in [2.75, 3.05) is 4.31 Å². The van der Waals surface area contributed by atoms with Gasteiger partial charge in [0.05, 0.1) is 17.6 Å². The van der Waals surface area contributed by atoms with Crippen molar-refractivity contribution in [3.8, 4) is 16.9 Å². The zero-order valence-electron chi connectivity index (χ0n) is 17.9. The molecule has 5 rings (SSSR count). The highest BCUT2D eigenvalue weighted by atomic mass is 79.9. The van der Waals surface area contributed by atoms with Crippen LogP contribution in [-0.4, -0.2) is 23.1 Å². The van der Waals surface area contributed by atoms with E-state index in [0.717, 1.165) is 26.6 Å². The van der Waals surface area contributed by atoms with Gasteiger partial charge in [-0.05, 0) is 54.1 Å². The van der Waals surface area contributed by atoms with Gasteiger partial charge in [0.2, 0.25) is 5.88 Å². The van der Waals surface area contributed by atoms with Crippen molar-refractivity contribution >= 4 is 31.8 Å². The van der Waals surface area contributed by atoms with Gasteiger partial charge in [-0.25, -0.2) is 22.8 Å². The molecule has 7 nitrogen and oxygen atoms in total. The maximum atomic E-state index is 14.5. The third kappa shape index (κ3) is 4.64. The normalized spacial score (nSPS) is 14.6. The molecular weight excluding hydrogens is 542 g/mol. The topological polar surface area (TPSA) is 87.5 Å². The molecular formula is C24H17BrF2N4O3S. The molecule has 0 amide bonds. The summed E-state index contributed by atoms with van der Waals surface area (Å²) in [5.41, 5.74) is 2.42. The first-order chi connectivity index (χ1) is 16.7. The fraction of sp³-hybridized carbons (Fsp3) is 0.0417. The number of benzene rings is 3. The monoisotopic (exact) mass is 558 g/mol. The Kier molecular flexibility index (Phi) is 5.81. The Hall–Kier alpha value is -3.70. The molecule has 0 saturated heterocycles. The van der Waals surface area contributed by atoms with Crippen LogP contribution in [0.1, 0.15) is 11.4 Å². The fourth-order valence-electron chi connectivity index (χ4n) is 3.74. The number of nitrogens with zero attached hydrogens (tertiary/aromatic N) is 3. The fourth-order valence-corrected chi connectivity index (χ4v) is 5.06. The first-order valence-corrected chi connectivity index (χ1v) is 12.5. The van der Waals surface area contributed by atoms with E-state index in [0.29, 0.717) is 29.3 Å². The SMILES string of the molecule is O=S1(=O)NC(O)=CN1c1ccc(-n2cc(-c3ccc(F)cc3F)nc2Cc2ccc(Br)cc2)cc1. The van der Waals surface area contributed by atoms with Gasteiger partial charge in [-0.2, -0.15) is 8.42 Å². The highest BCUT2D eigenvalue weighted by Crippen LogP contribution is 2.28. The highest BCUT2D eigenvalue weighted by molar-refractivity contribution is 9.10. The highest BCUT2D eigenvalue weighted by Gasteiger charge is 2.28. The summed E-state index contributed by atoms with van der Waals surface area (Å²) in [6, 6.07) is 17.5. The number of hydrogen-bond donors (Lipinski definition) is 2. The molecule has 178 valence electrons. The van der Waals surface area contributed by atoms with Crippen LogP contribution in [0.15, 0.2) is 89.5 Å². The summed E-state index contributed by atoms with van der Waals surface area (Å²) in [6.45, 7) is 0. The van der Waals surface area contributed by atoms with Gasteiger partial charge in [0.1, 0.15) is 17.5 Å². The third-order valence-electron chi connectivity index (χ3n) is 5.38. The second kappa shape index (κ2) is 8.82. The molecule has 35 heavy (non-hydrogen) atoms. The van der Waals surface area contributed by atoms with Crippen LogP contribution >= 0.6 is 15.9 Å². The van der Waals surface area contributed by atoms with Crippen molar-refractivity contribution in [1.29, 1.82) is 0 Å². The van der Waals surface area contributed by atoms with E-state index in [-0.39, 0.29) is 5.56 Å². The van der Waals surface area contributed by atoms with Crippen LogP contribution in [0.2, 0.25) is 0 Å². The van der Waals surface area contributed by atoms with Gasteiger partial charge in [0, 0.05) is 34.4 Å². The quantitative estimate of drug-likeness (QED) is 0.353. The van der Waals surface area contributed by atoms with Crippen molar-refractivity contribution in [2.24, 2.45) is 0 Å². The predicted molar refractivity (Wildman–Crippen MR) is 131 cm³/mol. The minimum Gasteiger partial charge on any atom is -0.493 e. The Labute approximate surface area is 208 Å². The van der Waals surface area contributed by atoms with E-state index in [2.05, 4.69) is 20.9 Å². The summed E-state index contributed by atoms with van der Waals surface area (Å²) < 4.78 is 57.8. The lowest BCUT2D eigenvalue weighted by molar-refractivity contribution is 0.392. The van der Waals surface area contributed by atoms with E-state index in [1.807, 2.05) is 29.0 Å². The Bertz CT molecular complexity index is 1550. The van der Waals surface area contributed by atoms with E-state index < -0.39 is 27.7 Å². The number of nitrogens with one attached hydrogen (secondary N) is 1. The molecule has 0 atom stereocenters. The Morgan fingerprint density at radius 2 is 1.66 bits per heavy atom. The lowest BCUT2D eigenvalue weighted by Crippen LogP contribution is -2.29. The number of aliphatic hydroxyl groups excluding tert-OH is 1. The van der Waals surface area contributed by atoms with Gasteiger partial charge >= 0.3 is 10.2 Å². The van der Waals surface area contributed by atoms with E-state index in [1.165, 1.54) is 12.1 Å². The molecule has 1 aliphatic heterocycles. The van der Waals surface area contributed by atoms with Gasteiger partial charge in [-0.3, -0.25) is 0 Å². The summed E-state index contributed by atoms with van der Waals surface area (Å²) in [5.74, 6) is -1.28. The second-order valence-corrected chi connectivity index (χ2v) is 10.2. The first kappa shape index (κ1) is 23.1. The molecule has 0 unspecified atom stereocenters. The number of halogens is 3. The molecule has 0 saturated carbocycles. The maximum Gasteiger partial charge on any atom is 0.330 e. The van der Waals surface area contributed by atoms with Gasteiger partial charge in [0.25, 0.3) is 0 Å². The summed E-state index contributed by atoms with van der Waals surface area (Å²) in [4.78, 5) is 4.63.